The van der Waals surface area contributed by atoms with Crippen molar-refractivity contribution in [3.8, 4) is 0 Å². The number of hydrogen-bond donors (Lipinski definition) is 1. The minimum absolute atomic E-state index is 0.228. The van der Waals surface area contributed by atoms with E-state index in [0.717, 1.165) is 0 Å². The second-order valence-electron chi connectivity index (χ2n) is 5.18. The normalized spacial score (nSPS) is 12.0. The van der Waals surface area contributed by atoms with Crippen LogP contribution < -0.4 is 0 Å². The number of carboxylic acids is 1. The van der Waals surface area contributed by atoms with E-state index in [2.05, 4.69) is 0 Å². The topological polar surface area (TPSA) is 66.8 Å². The third-order valence-electron chi connectivity index (χ3n) is 3.43. The molecule has 122 valence electrons. The molecule has 0 heterocycles. The predicted octanol–water partition coefficient (Wildman–Crippen LogP) is 1.95. The fraction of sp³-hybridized carbons (Fsp3) is 0.500. The first-order valence-electron chi connectivity index (χ1n) is 7.18. The van der Waals surface area contributed by atoms with Gasteiger partial charge in [-0.15, -0.1) is 0 Å². The van der Waals surface area contributed by atoms with Crippen molar-refractivity contribution in [2.75, 3.05) is 26.8 Å². The third kappa shape index (κ3) is 5.81. The van der Waals surface area contributed by atoms with Crippen molar-refractivity contribution < 1.29 is 23.8 Å². The van der Waals surface area contributed by atoms with Crippen LogP contribution >= 0.6 is 0 Å². The van der Waals surface area contributed by atoms with E-state index in [1.807, 2.05) is 0 Å². The number of nitrogens with zero attached hydrogens (tertiary/aromatic N) is 1. The van der Waals surface area contributed by atoms with Gasteiger partial charge in [-0.25, -0.2) is 4.39 Å². The molecule has 1 N–H and O–H groups in total. The van der Waals surface area contributed by atoms with Gasteiger partial charge in [-0.2, -0.15) is 0 Å². The lowest BCUT2D eigenvalue weighted by molar-refractivity contribution is -0.146. The average molecular weight is 311 g/mol. The summed E-state index contributed by atoms with van der Waals surface area (Å²) in [6.45, 7) is 1.88. The van der Waals surface area contributed by atoms with Crippen LogP contribution in [-0.4, -0.2) is 48.7 Å². The van der Waals surface area contributed by atoms with Crippen molar-refractivity contribution in [3.05, 3.63) is 35.6 Å². The monoisotopic (exact) mass is 311 g/mol. The lowest BCUT2D eigenvalue weighted by Gasteiger charge is -2.24. The fourth-order valence-electron chi connectivity index (χ4n) is 2.14. The minimum atomic E-state index is -1.06. The Morgan fingerprint density at radius 2 is 2.05 bits per heavy atom. The van der Waals surface area contributed by atoms with Crippen LogP contribution in [0.2, 0.25) is 0 Å². The van der Waals surface area contributed by atoms with E-state index < -0.39 is 5.97 Å². The number of aliphatic carboxylic acids is 1. The fourth-order valence-corrected chi connectivity index (χ4v) is 2.14. The SMILES string of the molecule is COCCN(CC(=O)O)C(=O)C(C)CCc1ccccc1F. The quantitative estimate of drug-likeness (QED) is 0.757. The molecule has 6 heteroatoms. The van der Waals surface area contributed by atoms with Gasteiger partial charge in [-0.3, -0.25) is 9.59 Å². The van der Waals surface area contributed by atoms with Gasteiger partial charge in [0.15, 0.2) is 0 Å². The molecule has 0 saturated heterocycles. The molecule has 0 fully saturated rings. The molecule has 0 aliphatic heterocycles. The molecule has 1 unspecified atom stereocenters. The van der Waals surface area contributed by atoms with Gasteiger partial charge < -0.3 is 14.7 Å². The second-order valence-corrected chi connectivity index (χ2v) is 5.18. The molecule has 0 saturated carbocycles. The number of ether oxygens (including phenoxy) is 1. The lowest BCUT2D eigenvalue weighted by atomic mass is 9.99. The highest BCUT2D eigenvalue weighted by Gasteiger charge is 2.22. The van der Waals surface area contributed by atoms with Crippen molar-refractivity contribution in [3.63, 3.8) is 0 Å². The van der Waals surface area contributed by atoms with Crippen LogP contribution in [0.5, 0.6) is 0 Å². The molecule has 0 radical (unpaired) electrons. The summed E-state index contributed by atoms with van der Waals surface area (Å²) in [6, 6.07) is 6.44. The zero-order chi connectivity index (χ0) is 16.5. The van der Waals surface area contributed by atoms with Crippen molar-refractivity contribution in [1.29, 1.82) is 0 Å². The number of methoxy groups -OCH3 is 1. The Labute approximate surface area is 129 Å². The Hall–Kier alpha value is -1.95. The molecular formula is C16H22FNO4. The highest BCUT2D eigenvalue weighted by atomic mass is 19.1. The molecule has 5 nitrogen and oxygen atoms in total. The van der Waals surface area contributed by atoms with Crippen LogP contribution in [0.25, 0.3) is 0 Å². The van der Waals surface area contributed by atoms with E-state index >= 15 is 0 Å². The van der Waals surface area contributed by atoms with E-state index in [1.54, 1.807) is 25.1 Å². The van der Waals surface area contributed by atoms with Crippen molar-refractivity contribution in [2.24, 2.45) is 5.92 Å². The summed E-state index contributed by atoms with van der Waals surface area (Å²) in [6.07, 6.45) is 0.896. The molecule has 22 heavy (non-hydrogen) atoms. The number of carbonyl (C=O) groups is 2. The molecule has 1 rings (SSSR count). The standard InChI is InChI=1S/C16H22FNO4/c1-12(7-8-13-5-3-4-6-14(13)17)16(21)18(9-10-22-2)11-15(19)20/h3-6,12H,7-11H2,1-2H3,(H,19,20). The van der Waals surface area contributed by atoms with Crippen molar-refractivity contribution in [2.45, 2.75) is 19.8 Å². The van der Waals surface area contributed by atoms with Gasteiger partial charge in [0.1, 0.15) is 12.4 Å². The average Bonchev–Trinajstić information content (AvgIpc) is 2.49. The zero-order valence-electron chi connectivity index (χ0n) is 12.9. The zero-order valence-corrected chi connectivity index (χ0v) is 12.9. The van der Waals surface area contributed by atoms with Gasteiger partial charge in [0.05, 0.1) is 6.61 Å². The van der Waals surface area contributed by atoms with Gasteiger partial charge in [-0.1, -0.05) is 25.1 Å². The molecule has 0 aliphatic rings. The molecule has 1 aromatic carbocycles. The number of carboxylic acid groups (broad SMARTS) is 1. The van der Waals surface area contributed by atoms with Gasteiger partial charge >= 0.3 is 5.97 Å². The van der Waals surface area contributed by atoms with Gasteiger partial charge in [0.2, 0.25) is 5.91 Å². The summed E-state index contributed by atoms with van der Waals surface area (Å²) >= 11 is 0. The molecule has 0 spiro atoms. The Balaban J connectivity index is 2.60. The number of amides is 1. The summed E-state index contributed by atoms with van der Waals surface area (Å²) in [5.74, 6) is -1.98. The van der Waals surface area contributed by atoms with Crippen LogP contribution in [0.15, 0.2) is 24.3 Å². The summed E-state index contributed by atoms with van der Waals surface area (Å²) in [5.41, 5.74) is 0.559. The first-order chi connectivity index (χ1) is 10.5. The van der Waals surface area contributed by atoms with Gasteiger partial charge in [0.25, 0.3) is 0 Å². The number of halogens is 1. The smallest absolute Gasteiger partial charge is 0.323 e. The van der Waals surface area contributed by atoms with E-state index in [1.165, 1.54) is 18.1 Å². The first-order valence-corrected chi connectivity index (χ1v) is 7.18. The molecule has 0 aliphatic carbocycles. The summed E-state index contributed by atoms with van der Waals surface area (Å²) in [7, 11) is 1.49. The number of aryl methyl sites for hydroxylation is 1. The van der Waals surface area contributed by atoms with Gasteiger partial charge in [0, 0.05) is 19.6 Å². The summed E-state index contributed by atoms with van der Waals surface area (Å²) in [4.78, 5) is 24.4. The maximum absolute atomic E-state index is 13.5. The Morgan fingerprint density at radius 1 is 1.36 bits per heavy atom. The maximum Gasteiger partial charge on any atom is 0.323 e. The third-order valence-corrected chi connectivity index (χ3v) is 3.43. The van der Waals surface area contributed by atoms with Crippen LogP contribution in [0.3, 0.4) is 0 Å². The van der Waals surface area contributed by atoms with E-state index in [9.17, 15) is 14.0 Å². The lowest BCUT2D eigenvalue weighted by Crippen LogP contribution is -2.41. The molecule has 0 bridgehead atoms. The predicted molar refractivity (Wildman–Crippen MR) is 80.0 cm³/mol. The van der Waals surface area contributed by atoms with Crippen LogP contribution in [0.1, 0.15) is 18.9 Å². The highest BCUT2D eigenvalue weighted by Crippen LogP contribution is 2.15. The summed E-state index contributed by atoms with van der Waals surface area (Å²) in [5, 5.41) is 8.87. The molecule has 0 aromatic heterocycles. The molecule has 1 amide bonds. The molecular weight excluding hydrogens is 289 g/mol. The van der Waals surface area contributed by atoms with E-state index in [0.29, 0.717) is 18.4 Å². The number of benzene rings is 1. The molecule has 1 aromatic rings. The van der Waals surface area contributed by atoms with E-state index in [4.69, 9.17) is 9.84 Å². The number of hydrogen-bond acceptors (Lipinski definition) is 3. The Bertz CT molecular complexity index is 507. The summed E-state index contributed by atoms with van der Waals surface area (Å²) < 4.78 is 18.4. The van der Waals surface area contributed by atoms with Crippen LogP contribution in [0, 0.1) is 11.7 Å². The second kappa shape index (κ2) is 9.15. The van der Waals surface area contributed by atoms with Gasteiger partial charge in [-0.05, 0) is 24.5 Å². The maximum atomic E-state index is 13.5. The van der Waals surface area contributed by atoms with Crippen LogP contribution in [-0.2, 0) is 20.7 Å². The van der Waals surface area contributed by atoms with E-state index in [-0.39, 0.29) is 37.3 Å². The Morgan fingerprint density at radius 3 is 2.64 bits per heavy atom. The van der Waals surface area contributed by atoms with Crippen molar-refractivity contribution in [1.82, 2.24) is 4.90 Å². The van der Waals surface area contributed by atoms with Crippen molar-refractivity contribution >= 4 is 11.9 Å². The largest absolute Gasteiger partial charge is 0.480 e. The highest BCUT2D eigenvalue weighted by molar-refractivity contribution is 5.82. The number of carbonyl (C=O) groups excluding carboxylic acids is 1. The Kier molecular flexibility index (Phi) is 7.52. The van der Waals surface area contributed by atoms with Crippen LogP contribution in [0.4, 0.5) is 4.39 Å². The number of rotatable bonds is 9. The molecule has 1 atom stereocenters. The minimum Gasteiger partial charge on any atom is -0.480 e. The first kappa shape index (κ1) is 18.1.